The predicted molar refractivity (Wildman–Crippen MR) is 64.3 cm³/mol. The maximum atomic E-state index is 5.95. The SMILES string of the molecule is Cc1ccnc2c1ccc1ccc[n+](N)c12. The summed E-state index contributed by atoms with van der Waals surface area (Å²) in [5.41, 5.74) is 3.15. The Kier molecular flexibility index (Phi) is 1.80. The molecule has 0 fully saturated rings. The van der Waals surface area contributed by atoms with Crippen molar-refractivity contribution in [2.75, 3.05) is 5.84 Å². The zero-order valence-corrected chi connectivity index (χ0v) is 9.01. The Balaban J connectivity index is 2.64. The number of rotatable bonds is 0. The minimum atomic E-state index is 0.959. The van der Waals surface area contributed by atoms with Gasteiger partial charge in [0.1, 0.15) is 5.52 Å². The van der Waals surface area contributed by atoms with Crippen molar-refractivity contribution < 1.29 is 4.68 Å². The van der Waals surface area contributed by atoms with E-state index in [1.165, 1.54) is 5.56 Å². The third-order valence-corrected chi connectivity index (χ3v) is 2.92. The van der Waals surface area contributed by atoms with E-state index in [-0.39, 0.29) is 0 Å². The minimum Gasteiger partial charge on any atom is -0.249 e. The lowest BCUT2D eigenvalue weighted by atomic mass is 10.1. The predicted octanol–water partition coefficient (Wildman–Crippen LogP) is 1.70. The molecule has 3 nitrogen and oxygen atoms in total. The Morgan fingerprint density at radius 1 is 1.19 bits per heavy atom. The molecule has 16 heavy (non-hydrogen) atoms. The smallest absolute Gasteiger partial charge is 0.249 e. The molecular formula is C13H12N3+. The van der Waals surface area contributed by atoms with Crippen molar-refractivity contribution in [1.29, 1.82) is 0 Å². The second-order valence-electron chi connectivity index (χ2n) is 3.94. The van der Waals surface area contributed by atoms with Crippen LogP contribution in [0.2, 0.25) is 0 Å². The first-order chi connectivity index (χ1) is 7.77. The lowest BCUT2D eigenvalue weighted by Gasteiger charge is -2.02. The van der Waals surface area contributed by atoms with E-state index in [4.69, 9.17) is 5.84 Å². The minimum absolute atomic E-state index is 0.959. The van der Waals surface area contributed by atoms with E-state index in [1.54, 1.807) is 4.68 Å². The molecule has 0 atom stereocenters. The van der Waals surface area contributed by atoms with Crippen molar-refractivity contribution in [2.24, 2.45) is 0 Å². The summed E-state index contributed by atoms with van der Waals surface area (Å²) in [4.78, 5) is 4.43. The molecule has 0 bridgehead atoms. The quantitative estimate of drug-likeness (QED) is 0.348. The number of nitrogens with two attached hydrogens (primary N) is 1. The van der Waals surface area contributed by atoms with Crippen LogP contribution in [0.15, 0.2) is 42.7 Å². The summed E-state index contributed by atoms with van der Waals surface area (Å²) < 4.78 is 1.63. The zero-order chi connectivity index (χ0) is 11.1. The fourth-order valence-electron chi connectivity index (χ4n) is 2.08. The molecule has 2 N–H and O–H groups in total. The fourth-order valence-corrected chi connectivity index (χ4v) is 2.08. The first-order valence-corrected chi connectivity index (χ1v) is 5.21. The van der Waals surface area contributed by atoms with Crippen LogP contribution in [0.25, 0.3) is 21.8 Å². The second kappa shape index (κ2) is 3.17. The second-order valence-corrected chi connectivity index (χ2v) is 3.94. The maximum Gasteiger partial charge on any atom is 0.268 e. The van der Waals surface area contributed by atoms with Crippen LogP contribution in [0.3, 0.4) is 0 Å². The number of benzene rings is 1. The fraction of sp³-hybridized carbons (Fsp3) is 0.0769. The number of nitrogens with zero attached hydrogens (tertiary/aromatic N) is 2. The van der Waals surface area contributed by atoms with E-state index in [0.29, 0.717) is 0 Å². The Labute approximate surface area is 93.1 Å². The highest BCUT2D eigenvalue weighted by Gasteiger charge is 2.12. The van der Waals surface area contributed by atoms with Crippen LogP contribution in [0.5, 0.6) is 0 Å². The summed E-state index contributed by atoms with van der Waals surface area (Å²) in [6, 6.07) is 10.2. The number of fused-ring (bicyclic) bond motifs is 3. The van der Waals surface area contributed by atoms with Crippen LogP contribution in [0.4, 0.5) is 0 Å². The molecule has 0 aliphatic rings. The summed E-state index contributed by atoms with van der Waals surface area (Å²) in [6.07, 6.45) is 3.66. The van der Waals surface area contributed by atoms with Crippen LogP contribution in [0.1, 0.15) is 5.56 Å². The third-order valence-electron chi connectivity index (χ3n) is 2.92. The van der Waals surface area contributed by atoms with Crippen molar-refractivity contribution in [3.63, 3.8) is 0 Å². The number of aryl methyl sites for hydroxylation is 1. The van der Waals surface area contributed by atoms with Crippen molar-refractivity contribution >= 4 is 21.8 Å². The van der Waals surface area contributed by atoms with Crippen molar-refractivity contribution in [2.45, 2.75) is 6.92 Å². The zero-order valence-electron chi connectivity index (χ0n) is 9.01. The molecule has 3 heteroatoms. The molecule has 0 saturated heterocycles. The van der Waals surface area contributed by atoms with Gasteiger partial charge in [-0.1, -0.05) is 10.7 Å². The molecule has 1 aromatic carbocycles. The van der Waals surface area contributed by atoms with Gasteiger partial charge < -0.3 is 0 Å². The molecule has 3 rings (SSSR count). The summed E-state index contributed by atoms with van der Waals surface area (Å²) in [5, 5.41) is 2.26. The van der Waals surface area contributed by atoms with E-state index in [9.17, 15) is 0 Å². The molecule has 78 valence electrons. The van der Waals surface area contributed by atoms with Gasteiger partial charge in [-0.25, -0.2) is 10.8 Å². The number of hydrogen-bond acceptors (Lipinski definition) is 2. The highest BCUT2D eigenvalue weighted by Crippen LogP contribution is 2.22. The van der Waals surface area contributed by atoms with Crippen molar-refractivity contribution in [3.05, 3.63) is 48.3 Å². The van der Waals surface area contributed by atoms with Crippen LogP contribution in [-0.2, 0) is 0 Å². The van der Waals surface area contributed by atoms with Gasteiger partial charge in [0.15, 0.2) is 6.20 Å². The highest BCUT2D eigenvalue weighted by atomic mass is 15.3. The van der Waals surface area contributed by atoms with E-state index >= 15 is 0 Å². The third kappa shape index (κ3) is 1.15. The molecule has 3 aromatic rings. The van der Waals surface area contributed by atoms with Gasteiger partial charge >= 0.3 is 0 Å². The highest BCUT2D eigenvalue weighted by molar-refractivity contribution is 6.01. The molecule has 0 saturated carbocycles. The molecule has 0 aliphatic carbocycles. The Morgan fingerprint density at radius 2 is 2.06 bits per heavy atom. The standard InChI is InChI=1S/C13H12N3/c1-9-6-7-15-12-11(9)5-4-10-3-2-8-16(14)13(10)12/h2-8H,14H2,1H3/q+1. The Bertz CT molecular complexity index is 689. The lowest BCUT2D eigenvalue weighted by molar-refractivity contribution is -0.610. The van der Waals surface area contributed by atoms with Gasteiger partial charge in [-0.15, -0.1) is 0 Å². The first-order valence-electron chi connectivity index (χ1n) is 5.21. The summed E-state index contributed by atoms with van der Waals surface area (Å²) in [7, 11) is 0. The topological polar surface area (TPSA) is 42.8 Å². The monoisotopic (exact) mass is 210 g/mol. The molecule has 2 aromatic heterocycles. The van der Waals surface area contributed by atoms with Gasteiger partial charge in [-0.3, -0.25) is 0 Å². The van der Waals surface area contributed by atoms with E-state index < -0.39 is 0 Å². The Hall–Kier alpha value is -2.16. The van der Waals surface area contributed by atoms with Crippen LogP contribution >= 0.6 is 0 Å². The van der Waals surface area contributed by atoms with Crippen LogP contribution in [-0.4, -0.2) is 4.98 Å². The average molecular weight is 210 g/mol. The van der Waals surface area contributed by atoms with Gasteiger partial charge in [0, 0.05) is 17.6 Å². The normalized spacial score (nSPS) is 11.1. The van der Waals surface area contributed by atoms with Crippen molar-refractivity contribution in [1.82, 2.24) is 4.98 Å². The number of hydrogen-bond donors (Lipinski definition) is 1. The number of aromatic nitrogens is 2. The molecule has 0 unspecified atom stereocenters. The van der Waals surface area contributed by atoms with Crippen LogP contribution in [0, 0.1) is 6.92 Å². The summed E-state index contributed by atoms with van der Waals surface area (Å²) in [6.45, 7) is 2.08. The maximum absolute atomic E-state index is 5.95. The van der Waals surface area contributed by atoms with E-state index in [2.05, 4.69) is 24.0 Å². The molecule has 0 amide bonds. The molecule has 0 aliphatic heterocycles. The number of pyridine rings is 2. The van der Waals surface area contributed by atoms with Gasteiger partial charge in [0.25, 0.3) is 5.52 Å². The lowest BCUT2D eigenvalue weighted by Crippen LogP contribution is -2.44. The first kappa shape index (κ1) is 9.09. The summed E-state index contributed by atoms with van der Waals surface area (Å²) >= 11 is 0. The van der Waals surface area contributed by atoms with E-state index in [1.807, 2.05) is 30.6 Å². The molecule has 2 heterocycles. The Morgan fingerprint density at radius 3 is 2.94 bits per heavy atom. The van der Waals surface area contributed by atoms with Gasteiger partial charge in [0.05, 0.1) is 5.39 Å². The molecule has 0 radical (unpaired) electrons. The average Bonchev–Trinajstić information content (AvgIpc) is 2.29. The van der Waals surface area contributed by atoms with Gasteiger partial charge in [0.2, 0.25) is 0 Å². The largest absolute Gasteiger partial charge is 0.268 e. The van der Waals surface area contributed by atoms with E-state index in [0.717, 1.165) is 21.8 Å². The van der Waals surface area contributed by atoms with Crippen LogP contribution < -0.4 is 10.5 Å². The van der Waals surface area contributed by atoms with Gasteiger partial charge in [-0.05, 0) is 30.7 Å². The number of nitrogen functional groups attached to an aromatic ring is 1. The van der Waals surface area contributed by atoms with Crippen molar-refractivity contribution in [3.8, 4) is 0 Å². The van der Waals surface area contributed by atoms with Gasteiger partial charge in [-0.2, -0.15) is 0 Å². The molecular weight excluding hydrogens is 198 g/mol. The molecule has 0 spiro atoms. The summed E-state index contributed by atoms with van der Waals surface area (Å²) in [5.74, 6) is 5.95.